The highest BCUT2D eigenvalue weighted by molar-refractivity contribution is 5.45. The van der Waals surface area contributed by atoms with Crippen LogP contribution in [0.2, 0.25) is 0 Å². The summed E-state index contributed by atoms with van der Waals surface area (Å²) in [6, 6.07) is 0. The van der Waals surface area contributed by atoms with E-state index in [1.807, 2.05) is 34.6 Å². The van der Waals surface area contributed by atoms with Crippen molar-refractivity contribution in [3.63, 3.8) is 0 Å². The molecule has 0 heterocycles. The second kappa shape index (κ2) is 42.2. The summed E-state index contributed by atoms with van der Waals surface area (Å²) in [5.74, 6) is 0. The first-order valence-corrected chi connectivity index (χ1v) is 4.79. The number of hydrogen-bond acceptors (Lipinski definition) is 2. The fourth-order valence-electron chi connectivity index (χ4n) is 0.396. The number of rotatable bonds is 5. The van der Waals surface area contributed by atoms with Crippen LogP contribution in [0.3, 0.4) is 0 Å². The average Bonchev–Trinajstić information content (AvgIpc) is 2.19. The molecule has 0 aliphatic rings. The number of carbonyl (C=O) groups excluding carboxylic acids is 1. The molecule has 0 saturated carbocycles. The Balaban J connectivity index is -0.0000000712. The summed E-state index contributed by atoms with van der Waals surface area (Å²) < 4.78 is 0. The van der Waals surface area contributed by atoms with Gasteiger partial charge in [0.1, 0.15) is 0 Å². The Bertz CT molecular complexity index is 58.9. The Morgan fingerprint density at radius 1 is 1.08 bits per heavy atom. The SMILES string of the molecule is C.CC.CC.CCNCCNC=O. The first kappa shape index (κ1) is 22.9. The summed E-state index contributed by atoms with van der Waals surface area (Å²) in [5.41, 5.74) is 0. The number of hydrogen-bond donors (Lipinski definition) is 2. The molecule has 0 radical (unpaired) electrons. The number of nitrogens with one attached hydrogen (secondary N) is 2. The summed E-state index contributed by atoms with van der Waals surface area (Å²) in [5, 5.41) is 5.60. The van der Waals surface area contributed by atoms with E-state index in [0.29, 0.717) is 6.41 Å². The Morgan fingerprint density at radius 2 is 1.54 bits per heavy atom. The molecule has 0 unspecified atom stereocenters. The molecule has 0 aromatic carbocycles. The first-order valence-electron chi connectivity index (χ1n) is 4.79. The highest BCUT2D eigenvalue weighted by Gasteiger charge is 1.78. The molecule has 0 aliphatic carbocycles. The van der Waals surface area contributed by atoms with Gasteiger partial charge < -0.3 is 10.6 Å². The zero-order chi connectivity index (χ0) is 10.2. The molecule has 0 aromatic rings. The molecule has 0 rings (SSSR count). The van der Waals surface area contributed by atoms with Gasteiger partial charge in [-0.15, -0.1) is 0 Å². The second-order valence-electron chi connectivity index (χ2n) is 1.43. The van der Waals surface area contributed by atoms with E-state index in [1.54, 1.807) is 0 Å². The van der Waals surface area contributed by atoms with Crippen LogP contribution in [0.4, 0.5) is 0 Å². The van der Waals surface area contributed by atoms with Crippen molar-refractivity contribution in [1.82, 2.24) is 10.6 Å². The van der Waals surface area contributed by atoms with Crippen LogP contribution in [0.25, 0.3) is 0 Å². The third kappa shape index (κ3) is 51.8. The lowest BCUT2D eigenvalue weighted by Gasteiger charge is -1.97. The smallest absolute Gasteiger partial charge is 0.207 e. The van der Waals surface area contributed by atoms with Gasteiger partial charge in [0, 0.05) is 13.1 Å². The van der Waals surface area contributed by atoms with Gasteiger partial charge in [0.2, 0.25) is 6.41 Å². The molecule has 2 N–H and O–H groups in total. The zero-order valence-corrected chi connectivity index (χ0v) is 9.11. The molecular weight excluding hydrogens is 164 g/mol. The molecule has 3 heteroatoms. The molecule has 0 atom stereocenters. The van der Waals surface area contributed by atoms with Crippen LogP contribution in [0.15, 0.2) is 0 Å². The fraction of sp³-hybridized carbons (Fsp3) is 0.900. The van der Waals surface area contributed by atoms with Gasteiger partial charge in [-0.1, -0.05) is 42.0 Å². The molecule has 0 saturated heterocycles. The standard InChI is InChI=1S/C5H12N2O.2C2H6.CH4/c1-2-6-3-4-7-5-8;2*1-2;/h5-6H,2-4H2,1H3,(H,7,8);2*1-2H3;1H4. The van der Waals surface area contributed by atoms with Crippen molar-refractivity contribution in [2.75, 3.05) is 19.6 Å². The minimum Gasteiger partial charge on any atom is -0.357 e. The van der Waals surface area contributed by atoms with Crippen LogP contribution < -0.4 is 10.6 Å². The lowest BCUT2D eigenvalue weighted by molar-refractivity contribution is -0.109. The number of carbonyl (C=O) groups is 1. The van der Waals surface area contributed by atoms with Gasteiger partial charge in [0.15, 0.2) is 0 Å². The van der Waals surface area contributed by atoms with Gasteiger partial charge in [0.05, 0.1) is 0 Å². The van der Waals surface area contributed by atoms with Crippen molar-refractivity contribution in [3.05, 3.63) is 0 Å². The minimum atomic E-state index is 0. The van der Waals surface area contributed by atoms with Crippen LogP contribution in [0.5, 0.6) is 0 Å². The molecule has 0 fully saturated rings. The summed E-state index contributed by atoms with van der Waals surface area (Å²) in [6.45, 7) is 12.6. The summed E-state index contributed by atoms with van der Waals surface area (Å²) in [6.07, 6.45) is 0.706. The van der Waals surface area contributed by atoms with E-state index in [9.17, 15) is 4.79 Å². The quantitative estimate of drug-likeness (QED) is 0.517. The fourth-order valence-corrected chi connectivity index (χ4v) is 0.396. The molecule has 0 spiro atoms. The zero-order valence-electron chi connectivity index (χ0n) is 9.11. The predicted octanol–water partition coefficient (Wildman–Crippen LogP) is 2.03. The van der Waals surface area contributed by atoms with Crippen molar-refractivity contribution in [3.8, 4) is 0 Å². The topological polar surface area (TPSA) is 41.1 Å². The highest BCUT2D eigenvalue weighted by Crippen LogP contribution is 1.53. The van der Waals surface area contributed by atoms with E-state index in [4.69, 9.17) is 0 Å². The lowest BCUT2D eigenvalue weighted by Crippen LogP contribution is -2.25. The molecule has 0 aliphatic heterocycles. The van der Waals surface area contributed by atoms with E-state index < -0.39 is 0 Å². The molecule has 13 heavy (non-hydrogen) atoms. The molecule has 0 bridgehead atoms. The van der Waals surface area contributed by atoms with Crippen LogP contribution in [-0.4, -0.2) is 26.0 Å². The first-order chi connectivity index (χ1) is 5.91. The summed E-state index contributed by atoms with van der Waals surface area (Å²) in [7, 11) is 0. The maximum absolute atomic E-state index is 9.63. The van der Waals surface area contributed by atoms with Gasteiger partial charge in [-0.05, 0) is 6.54 Å². The minimum absolute atomic E-state index is 0. The van der Waals surface area contributed by atoms with E-state index in [-0.39, 0.29) is 7.43 Å². The van der Waals surface area contributed by atoms with Crippen molar-refractivity contribution in [1.29, 1.82) is 0 Å². The Morgan fingerprint density at radius 3 is 1.85 bits per heavy atom. The van der Waals surface area contributed by atoms with Crippen LogP contribution >= 0.6 is 0 Å². The number of amides is 1. The maximum atomic E-state index is 9.63. The highest BCUT2D eigenvalue weighted by atomic mass is 16.1. The Labute approximate surface area is 84.3 Å². The normalized spacial score (nSPS) is 6.23. The van der Waals surface area contributed by atoms with Crippen molar-refractivity contribution < 1.29 is 4.79 Å². The Hall–Kier alpha value is -0.570. The predicted molar refractivity (Wildman–Crippen MR) is 62.0 cm³/mol. The van der Waals surface area contributed by atoms with Crippen molar-refractivity contribution in [2.24, 2.45) is 0 Å². The third-order valence-electron chi connectivity index (χ3n) is 0.779. The van der Waals surface area contributed by atoms with E-state index in [0.717, 1.165) is 19.6 Å². The molecular formula is C10H28N2O. The molecule has 0 aromatic heterocycles. The van der Waals surface area contributed by atoms with Gasteiger partial charge in [-0.25, -0.2) is 0 Å². The van der Waals surface area contributed by atoms with Gasteiger partial charge in [-0.3, -0.25) is 4.79 Å². The van der Waals surface area contributed by atoms with E-state index in [1.165, 1.54) is 0 Å². The van der Waals surface area contributed by atoms with Gasteiger partial charge in [0.25, 0.3) is 0 Å². The van der Waals surface area contributed by atoms with Crippen LogP contribution in [0.1, 0.15) is 42.0 Å². The van der Waals surface area contributed by atoms with E-state index in [2.05, 4.69) is 10.6 Å². The third-order valence-corrected chi connectivity index (χ3v) is 0.779. The van der Waals surface area contributed by atoms with Gasteiger partial charge >= 0.3 is 0 Å². The molecule has 84 valence electrons. The number of likely N-dealkylation sites (N-methyl/N-ethyl adjacent to an activating group) is 1. The van der Waals surface area contributed by atoms with E-state index >= 15 is 0 Å². The average molecular weight is 192 g/mol. The monoisotopic (exact) mass is 192 g/mol. The van der Waals surface area contributed by atoms with Crippen molar-refractivity contribution >= 4 is 6.41 Å². The van der Waals surface area contributed by atoms with Crippen LogP contribution in [-0.2, 0) is 4.79 Å². The maximum Gasteiger partial charge on any atom is 0.207 e. The van der Waals surface area contributed by atoms with Crippen LogP contribution in [0, 0.1) is 0 Å². The Kier molecular flexibility index (Phi) is 74.1. The largest absolute Gasteiger partial charge is 0.357 e. The lowest BCUT2D eigenvalue weighted by atomic mass is 10.6. The summed E-state index contributed by atoms with van der Waals surface area (Å²) in [4.78, 5) is 9.63. The molecule has 1 amide bonds. The molecule has 3 nitrogen and oxygen atoms in total. The van der Waals surface area contributed by atoms with Gasteiger partial charge in [-0.2, -0.15) is 0 Å². The second-order valence-corrected chi connectivity index (χ2v) is 1.43. The summed E-state index contributed by atoms with van der Waals surface area (Å²) >= 11 is 0. The van der Waals surface area contributed by atoms with Crippen molar-refractivity contribution in [2.45, 2.75) is 42.0 Å².